The third-order valence-electron chi connectivity index (χ3n) is 6.17. The number of pyridine rings is 1. The molecule has 2 N–H and O–H groups in total. The highest BCUT2D eigenvalue weighted by Crippen LogP contribution is 2.29. The maximum Gasteiger partial charge on any atom is 0.179 e. The van der Waals surface area contributed by atoms with Gasteiger partial charge in [-0.2, -0.15) is 15.6 Å². The molecule has 31 heavy (non-hydrogen) atoms. The van der Waals surface area contributed by atoms with Crippen molar-refractivity contribution in [2.45, 2.75) is 31.8 Å². The maximum atomic E-state index is 9.30. The summed E-state index contributed by atoms with van der Waals surface area (Å²) in [5, 5.41) is 22.6. The van der Waals surface area contributed by atoms with Crippen molar-refractivity contribution in [2.75, 3.05) is 33.3 Å². The first kappa shape index (κ1) is 20.7. The zero-order valence-corrected chi connectivity index (χ0v) is 17.8. The minimum atomic E-state index is 0.240. The fourth-order valence-corrected chi connectivity index (χ4v) is 4.44. The van der Waals surface area contributed by atoms with E-state index in [1.807, 2.05) is 24.1 Å². The molecule has 2 aliphatic heterocycles. The minimum absolute atomic E-state index is 0.240. The number of nitrogens with two attached hydrogens (primary N) is 1. The molecule has 9 heteroatoms. The Balaban J connectivity index is 1.47. The van der Waals surface area contributed by atoms with E-state index in [0.29, 0.717) is 22.9 Å². The molecule has 0 bridgehead atoms. The second-order valence-electron chi connectivity index (χ2n) is 7.98. The van der Waals surface area contributed by atoms with E-state index in [-0.39, 0.29) is 6.04 Å². The van der Waals surface area contributed by atoms with Crippen LogP contribution in [-0.2, 0) is 0 Å². The number of piperidine rings is 1. The van der Waals surface area contributed by atoms with E-state index in [2.05, 4.69) is 22.3 Å². The van der Waals surface area contributed by atoms with Crippen molar-refractivity contribution in [3.05, 3.63) is 35.8 Å². The highest BCUT2D eigenvalue weighted by Gasteiger charge is 2.34. The van der Waals surface area contributed by atoms with Crippen LogP contribution in [-0.4, -0.2) is 70.5 Å². The van der Waals surface area contributed by atoms with Gasteiger partial charge in [-0.3, -0.25) is 9.89 Å². The van der Waals surface area contributed by atoms with Crippen LogP contribution in [0, 0.1) is 22.8 Å². The lowest BCUT2D eigenvalue weighted by molar-refractivity contribution is 0.0608. The van der Waals surface area contributed by atoms with E-state index in [4.69, 9.17) is 20.7 Å². The number of hydrogen-bond acceptors (Lipinski definition) is 8. The van der Waals surface area contributed by atoms with E-state index >= 15 is 0 Å². The molecule has 2 fully saturated rings. The number of aliphatic imine (C=N–C) groups is 1. The van der Waals surface area contributed by atoms with Crippen molar-refractivity contribution in [1.82, 2.24) is 19.4 Å². The second-order valence-corrected chi connectivity index (χ2v) is 7.98. The lowest BCUT2D eigenvalue weighted by Gasteiger charge is -2.45. The van der Waals surface area contributed by atoms with Crippen molar-refractivity contribution in [3.8, 4) is 18.0 Å². The number of nitrogens with zero attached hydrogens (tertiary/aromatic N) is 7. The lowest BCUT2D eigenvalue weighted by Crippen LogP contribution is -2.57. The van der Waals surface area contributed by atoms with Gasteiger partial charge in [-0.15, -0.1) is 0 Å². The van der Waals surface area contributed by atoms with Gasteiger partial charge < -0.3 is 15.4 Å². The van der Waals surface area contributed by atoms with E-state index in [1.54, 1.807) is 17.8 Å². The SMILES string of the molecule is COc1cc(/C(=C/N)C(C)=NC2CN(C3CCN(C#N)CC3)C2)cn2ncc(C#N)c12. The highest BCUT2D eigenvalue weighted by molar-refractivity contribution is 6.22. The van der Waals surface area contributed by atoms with Crippen molar-refractivity contribution in [3.63, 3.8) is 0 Å². The molecule has 2 aromatic rings. The summed E-state index contributed by atoms with van der Waals surface area (Å²) in [6.45, 7) is 5.51. The number of fused-ring (bicyclic) bond motifs is 1. The van der Waals surface area contributed by atoms with Gasteiger partial charge in [-0.25, -0.2) is 4.52 Å². The standard InChI is InChI=1S/C22H26N8O/c1-15(27-18-12-29(13-18)19-3-5-28(14-25)6-4-19)20(9-24)16-7-21(31-2)22-17(8-23)10-26-30(22)11-16/h7,9-11,18-19H,3-6,12-13,24H2,1-2H3/b20-9+,27-15?. The quantitative estimate of drug-likeness (QED) is 0.579. The van der Waals surface area contributed by atoms with Crippen molar-refractivity contribution in [1.29, 1.82) is 10.5 Å². The molecule has 0 aromatic carbocycles. The van der Waals surface area contributed by atoms with Crippen LogP contribution in [0.15, 0.2) is 29.7 Å². The molecule has 160 valence electrons. The summed E-state index contributed by atoms with van der Waals surface area (Å²) in [6, 6.07) is 4.79. The van der Waals surface area contributed by atoms with Crippen molar-refractivity contribution >= 4 is 16.8 Å². The number of likely N-dealkylation sites (tertiary alicyclic amines) is 2. The molecular weight excluding hydrogens is 392 g/mol. The molecule has 2 saturated heterocycles. The van der Waals surface area contributed by atoms with Crippen LogP contribution in [0.1, 0.15) is 30.9 Å². The zero-order chi connectivity index (χ0) is 22.0. The molecular formula is C22H26N8O. The van der Waals surface area contributed by atoms with Crippen LogP contribution in [0.5, 0.6) is 5.75 Å². The van der Waals surface area contributed by atoms with Crippen LogP contribution in [0.4, 0.5) is 0 Å². The topological polar surface area (TPSA) is 119 Å². The van der Waals surface area contributed by atoms with Gasteiger partial charge in [0.05, 0.1) is 19.3 Å². The fraction of sp³-hybridized carbons (Fsp3) is 0.455. The first-order valence-corrected chi connectivity index (χ1v) is 10.4. The van der Waals surface area contributed by atoms with E-state index in [9.17, 15) is 5.26 Å². The highest BCUT2D eigenvalue weighted by atomic mass is 16.5. The van der Waals surface area contributed by atoms with Gasteiger partial charge in [0.2, 0.25) is 0 Å². The van der Waals surface area contributed by atoms with Gasteiger partial charge in [0.15, 0.2) is 6.19 Å². The van der Waals surface area contributed by atoms with Gasteiger partial charge in [0.25, 0.3) is 0 Å². The van der Waals surface area contributed by atoms with Crippen molar-refractivity contribution < 1.29 is 4.74 Å². The third kappa shape index (κ3) is 3.92. The number of ether oxygens (including phenoxy) is 1. The first-order chi connectivity index (χ1) is 15.1. The Bertz CT molecular complexity index is 1100. The van der Waals surface area contributed by atoms with Crippen LogP contribution < -0.4 is 10.5 Å². The molecule has 2 aromatic heterocycles. The van der Waals surface area contributed by atoms with Gasteiger partial charge >= 0.3 is 0 Å². The molecule has 0 spiro atoms. The normalized spacial score (nSPS) is 19.2. The molecule has 2 aliphatic rings. The molecule has 0 atom stereocenters. The number of rotatable bonds is 5. The molecule has 4 rings (SSSR count). The fourth-order valence-electron chi connectivity index (χ4n) is 4.44. The molecule has 0 radical (unpaired) electrons. The average molecular weight is 419 g/mol. The second kappa shape index (κ2) is 8.66. The maximum absolute atomic E-state index is 9.30. The molecule has 9 nitrogen and oxygen atoms in total. The number of methoxy groups -OCH3 is 1. The van der Waals surface area contributed by atoms with Crippen LogP contribution >= 0.6 is 0 Å². The molecule has 0 unspecified atom stereocenters. The predicted octanol–water partition coefficient (Wildman–Crippen LogP) is 1.60. The summed E-state index contributed by atoms with van der Waals surface area (Å²) >= 11 is 0. The molecule has 0 saturated carbocycles. The molecule has 0 aliphatic carbocycles. The van der Waals surface area contributed by atoms with Gasteiger partial charge in [0.1, 0.15) is 22.9 Å². The van der Waals surface area contributed by atoms with Crippen LogP contribution in [0.2, 0.25) is 0 Å². The van der Waals surface area contributed by atoms with Gasteiger partial charge in [0, 0.05) is 61.5 Å². The van der Waals surface area contributed by atoms with Gasteiger partial charge in [-0.1, -0.05) is 0 Å². The smallest absolute Gasteiger partial charge is 0.179 e. The lowest BCUT2D eigenvalue weighted by atomic mass is 9.97. The zero-order valence-electron chi connectivity index (χ0n) is 17.8. The Morgan fingerprint density at radius 1 is 1.32 bits per heavy atom. The predicted molar refractivity (Wildman–Crippen MR) is 117 cm³/mol. The molecule has 4 heterocycles. The Kier molecular flexibility index (Phi) is 5.79. The summed E-state index contributed by atoms with van der Waals surface area (Å²) in [5.74, 6) is 0.567. The Labute approximate surface area is 181 Å². The largest absolute Gasteiger partial charge is 0.494 e. The number of allylic oxidation sites excluding steroid dienone is 1. The summed E-state index contributed by atoms with van der Waals surface area (Å²) in [7, 11) is 1.57. The average Bonchev–Trinajstić information content (AvgIpc) is 3.19. The summed E-state index contributed by atoms with van der Waals surface area (Å²) in [5.41, 5.74) is 9.58. The minimum Gasteiger partial charge on any atom is -0.494 e. The summed E-state index contributed by atoms with van der Waals surface area (Å²) in [4.78, 5) is 9.20. The number of nitriles is 2. The Hall–Kier alpha value is -3.56. The van der Waals surface area contributed by atoms with E-state index in [1.165, 1.54) is 6.20 Å². The Morgan fingerprint density at radius 2 is 2.06 bits per heavy atom. The van der Waals surface area contributed by atoms with Crippen LogP contribution in [0.25, 0.3) is 11.1 Å². The summed E-state index contributed by atoms with van der Waals surface area (Å²) < 4.78 is 7.14. The molecule has 0 amide bonds. The number of aromatic nitrogens is 2. The Morgan fingerprint density at radius 3 is 2.68 bits per heavy atom. The van der Waals surface area contributed by atoms with Crippen LogP contribution in [0.3, 0.4) is 0 Å². The third-order valence-corrected chi connectivity index (χ3v) is 6.17. The van der Waals surface area contributed by atoms with E-state index in [0.717, 1.165) is 55.9 Å². The van der Waals surface area contributed by atoms with Crippen molar-refractivity contribution in [2.24, 2.45) is 10.7 Å². The monoisotopic (exact) mass is 418 g/mol. The number of hydrogen-bond donors (Lipinski definition) is 1. The first-order valence-electron chi connectivity index (χ1n) is 10.4. The summed E-state index contributed by atoms with van der Waals surface area (Å²) in [6.07, 6.45) is 9.23. The van der Waals surface area contributed by atoms with E-state index < -0.39 is 0 Å². The van der Waals surface area contributed by atoms with Gasteiger partial charge in [-0.05, 0) is 25.8 Å².